The highest BCUT2D eigenvalue weighted by Gasteiger charge is 2.20. The molecule has 0 aliphatic rings. The van der Waals surface area contributed by atoms with Crippen molar-refractivity contribution >= 4 is 16.6 Å². The molecule has 3 nitrogen and oxygen atoms in total. The third kappa shape index (κ3) is 2.20. The Hall–Kier alpha value is -2.68. The summed E-state index contributed by atoms with van der Waals surface area (Å²) < 4.78 is 2.09. The zero-order chi connectivity index (χ0) is 16.0. The molecule has 0 bridgehead atoms. The lowest BCUT2D eigenvalue weighted by Gasteiger charge is -2.21. The number of benzene rings is 2. The Morgan fingerprint density at radius 3 is 2.43 bits per heavy atom. The third-order valence-electron chi connectivity index (χ3n) is 4.20. The summed E-state index contributed by atoms with van der Waals surface area (Å²) in [5.41, 5.74) is 4.38. The Bertz CT molecular complexity index is 992. The van der Waals surface area contributed by atoms with E-state index in [9.17, 15) is 0 Å². The van der Waals surface area contributed by atoms with Gasteiger partial charge < -0.3 is 0 Å². The topological polar surface area (TPSA) is 30.2 Å². The normalized spacial score (nSPS) is 12.1. The number of rotatable bonds is 1. The molecule has 2 heterocycles. The van der Waals surface area contributed by atoms with Crippen LogP contribution in [0, 0.1) is 0 Å². The van der Waals surface area contributed by atoms with E-state index in [1.54, 1.807) is 0 Å². The summed E-state index contributed by atoms with van der Waals surface area (Å²) in [5, 5.41) is 1.14. The Balaban J connectivity index is 2.15. The molecule has 23 heavy (non-hydrogen) atoms. The highest BCUT2D eigenvalue weighted by atomic mass is 15.1. The quantitative estimate of drug-likeness (QED) is 0.503. The first-order valence-electron chi connectivity index (χ1n) is 7.87. The van der Waals surface area contributed by atoms with Gasteiger partial charge in [0.25, 0.3) is 0 Å². The summed E-state index contributed by atoms with van der Waals surface area (Å²) in [6.07, 6.45) is 3.84. The van der Waals surface area contributed by atoms with E-state index in [1.807, 2.05) is 30.6 Å². The van der Waals surface area contributed by atoms with E-state index in [0.717, 1.165) is 27.9 Å². The van der Waals surface area contributed by atoms with Crippen LogP contribution in [0.1, 0.15) is 26.3 Å². The molecule has 0 saturated carbocycles. The molecule has 3 heteroatoms. The standard InChI is InChI=1S/C20H19N3/c1-20(2,3)15-10-7-11-16-17(15)19-21-12-13-23(19)18(22-16)14-8-5-4-6-9-14/h4-13H,1-3H3. The van der Waals surface area contributed by atoms with E-state index >= 15 is 0 Å². The maximum Gasteiger partial charge on any atom is 0.148 e. The van der Waals surface area contributed by atoms with Crippen molar-refractivity contribution in [2.24, 2.45) is 0 Å². The fourth-order valence-corrected chi connectivity index (χ4v) is 3.11. The number of nitrogens with zero attached hydrogens (tertiary/aromatic N) is 3. The molecule has 0 radical (unpaired) electrons. The average molecular weight is 301 g/mol. The van der Waals surface area contributed by atoms with Crippen molar-refractivity contribution in [1.29, 1.82) is 0 Å². The number of imidazole rings is 1. The molecular formula is C20H19N3. The third-order valence-corrected chi connectivity index (χ3v) is 4.20. The van der Waals surface area contributed by atoms with Crippen LogP contribution in [0.3, 0.4) is 0 Å². The van der Waals surface area contributed by atoms with Crippen molar-refractivity contribution in [2.75, 3.05) is 0 Å². The Kier molecular flexibility index (Phi) is 2.98. The van der Waals surface area contributed by atoms with Crippen molar-refractivity contribution in [2.45, 2.75) is 26.2 Å². The van der Waals surface area contributed by atoms with E-state index in [1.165, 1.54) is 5.56 Å². The Labute approximate surface area is 135 Å². The maximum atomic E-state index is 4.94. The fourth-order valence-electron chi connectivity index (χ4n) is 3.11. The van der Waals surface area contributed by atoms with Gasteiger partial charge in [0.1, 0.15) is 11.5 Å². The molecule has 0 N–H and O–H groups in total. The monoisotopic (exact) mass is 301 g/mol. The number of fused-ring (bicyclic) bond motifs is 3. The fraction of sp³-hybridized carbons (Fsp3) is 0.200. The molecule has 4 aromatic rings. The summed E-state index contributed by atoms with van der Waals surface area (Å²) in [4.78, 5) is 9.57. The Morgan fingerprint density at radius 1 is 0.913 bits per heavy atom. The van der Waals surface area contributed by atoms with Crippen LogP contribution in [0.15, 0.2) is 60.9 Å². The molecule has 4 rings (SSSR count). The van der Waals surface area contributed by atoms with Crippen molar-refractivity contribution in [3.05, 3.63) is 66.5 Å². The van der Waals surface area contributed by atoms with Crippen LogP contribution in [0.5, 0.6) is 0 Å². The summed E-state index contributed by atoms with van der Waals surface area (Å²) in [7, 11) is 0. The van der Waals surface area contributed by atoms with Crippen LogP contribution in [-0.2, 0) is 5.41 Å². The van der Waals surface area contributed by atoms with E-state index in [2.05, 4.69) is 60.5 Å². The molecule has 0 atom stereocenters. The molecule has 0 saturated heterocycles. The van der Waals surface area contributed by atoms with Gasteiger partial charge in [0.2, 0.25) is 0 Å². The van der Waals surface area contributed by atoms with Crippen LogP contribution >= 0.6 is 0 Å². The first-order valence-corrected chi connectivity index (χ1v) is 7.87. The van der Waals surface area contributed by atoms with Gasteiger partial charge in [-0.25, -0.2) is 9.97 Å². The molecule has 0 aliphatic carbocycles. The minimum Gasteiger partial charge on any atom is -0.283 e. The van der Waals surface area contributed by atoms with Crippen LogP contribution in [0.4, 0.5) is 0 Å². The highest BCUT2D eigenvalue weighted by Crippen LogP contribution is 2.33. The van der Waals surface area contributed by atoms with Gasteiger partial charge in [0.05, 0.1) is 5.52 Å². The molecule has 0 aliphatic heterocycles. The summed E-state index contributed by atoms with van der Waals surface area (Å²) in [5.74, 6) is 0.927. The largest absolute Gasteiger partial charge is 0.283 e. The van der Waals surface area contributed by atoms with Crippen LogP contribution in [0.25, 0.3) is 27.9 Å². The van der Waals surface area contributed by atoms with Gasteiger partial charge >= 0.3 is 0 Å². The number of hydrogen-bond donors (Lipinski definition) is 0. The van der Waals surface area contributed by atoms with Crippen molar-refractivity contribution in [3.8, 4) is 11.4 Å². The van der Waals surface area contributed by atoms with Crippen LogP contribution in [-0.4, -0.2) is 14.4 Å². The first-order chi connectivity index (χ1) is 11.1. The molecule has 0 unspecified atom stereocenters. The molecule has 0 fully saturated rings. The number of hydrogen-bond acceptors (Lipinski definition) is 2. The van der Waals surface area contributed by atoms with Crippen LogP contribution in [0.2, 0.25) is 0 Å². The minimum atomic E-state index is 0.0435. The zero-order valence-corrected chi connectivity index (χ0v) is 13.6. The molecular weight excluding hydrogens is 282 g/mol. The maximum absolute atomic E-state index is 4.94. The van der Waals surface area contributed by atoms with Gasteiger partial charge in [0.15, 0.2) is 0 Å². The van der Waals surface area contributed by atoms with Gasteiger partial charge in [-0.2, -0.15) is 0 Å². The van der Waals surface area contributed by atoms with Gasteiger partial charge in [-0.1, -0.05) is 63.2 Å². The lowest BCUT2D eigenvalue weighted by Crippen LogP contribution is -2.12. The number of aromatic nitrogens is 3. The van der Waals surface area contributed by atoms with Crippen molar-refractivity contribution in [1.82, 2.24) is 14.4 Å². The summed E-state index contributed by atoms with van der Waals surface area (Å²) in [6.45, 7) is 6.69. The second-order valence-electron chi connectivity index (χ2n) is 6.87. The van der Waals surface area contributed by atoms with E-state index in [-0.39, 0.29) is 5.41 Å². The second kappa shape index (κ2) is 4.92. The predicted octanol–water partition coefficient (Wildman–Crippen LogP) is 4.85. The zero-order valence-electron chi connectivity index (χ0n) is 13.6. The molecule has 0 spiro atoms. The average Bonchev–Trinajstić information content (AvgIpc) is 3.03. The predicted molar refractivity (Wildman–Crippen MR) is 94.6 cm³/mol. The summed E-state index contributed by atoms with van der Waals surface area (Å²) in [6, 6.07) is 16.6. The van der Waals surface area contributed by atoms with Gasteiger partial charge in [-0.3, -0.25) is 4.40 Å². The minimum absolute atomic E-state index is 0.0435. The van der Waals surface area contributed by atoms with Gasteiger partial charge in [-0.15, -0.1) is 0 Å². The second-order valence-corrected chi connectivity index (χ2v) is 6.87. The van der Waals surface area contributed by atoms with Crippen molar-refractivity contribution in [3.63, 3.8) is 0 Å². The molecule has 114 valence electrons. The first kappa shape index (κ1) is 13.9. The molecule has 2 aromatic heterocycles. The van der Waals surface area contributed by atoms with E-state index in [0.29, 0.717) is 0 Å². The van der Waals surface area contributed by atoms with Gasteiger partial charge in [-0.05, 0) is 17.0 Å². The molecule has 0 amide bonds. The Morgan fingerprint density at radius 2 is 1.70 bits per heavy atom. The summed E-state index contributed by atoms with van der Waals surface area (Å²) >= 11 is 0. The highest BCUT2D eigenvalue weighted by molar-refractivity contribution is 5.96. The van der Waals surface area contributed by atoms with Gasteiger partial charge in [0, 0.05) is 23.3 Å². The SMILES string of the molecule is CC(C)(C)c1cccc2nc(-c3ccccc3)n3ccnc3c12. The lowest BCUT2D eigenvalue weighted by atomic mass is 9.84. The van der Waals surface area contributed by atoms with E-state index < -0.39 is 0 Å². The smallest absolute Gasteiger partial charge is 0.148 e. The van der Waals surface area contributed by atoms with E-state index in [4.69, 9.17) is 4.98 Å². The lowest BCUT2D eigenvalue weighted by molar-refractivity contribution is 0.596. The van der Waals surface area contributed by atoms with Crippen LogP contribution < -0.4 is 0 Å². The van der Waals surface area contributed by atoms with Crippen molar-refractivity contribution < 1.29 is 0 Å². The molecule has 2 aromatic carbocycles.